The van der Waals surface area contributed by atoms with E-state index in [1.807, 2.05) is 24.3 Å². The molecule has 0 amide bonds. The van der Waals surface area contributed by atoms with Crippen LogP contribution in [-0.4, -0.2) is 22.7 Å². The molecule has 1 aromatic carbocycles. The first-order valence-corrected chi connectivity index (χ1v) is 7.57. The quantitative estimate of drug-likeness (QED) is 0.646. The Labute approximate surface area is 123 Å². The second kappa shape index (κ2) is 7.93. The number of hydrogen-bond acceptors (Lipinski definition) is 1. The molecule has 2 atom stereocenters. The van der Waals surface area contributed by atoms with Gasteiger partial charge in [0.1, 0.15) is 0 Å². The maximum Gasteiger partial charge on any atom is 0.0851 e. The maximum atomic E-state index is 5.82. The van der Waals surface area contributed by atoms with Crippen LogP contribution in [0.4, 0.5) is 0 Å². The van der Waals surface area contributed by atoms with Crippen LogP contribution in [0.2, 0.25) is 0 Å². The number of rotatable bonds is 6. The van der Waals surface area contributed by atoms with Crippen molar-refractivity contribution < 1.29 is 4.74 Å². The van der Waals surface area contributed by atoms with Crippen LogP contribution >= 0.6 is 55.1 Å². The molecule has 0 fully saturated rings. The molecule has 5 heteroatoms. The third-order valence-electron chi connectivity index (χ3n) is 2.11. The zero-order valence-corrected chi connectivity index (χ0v) is 13.2. The first-order valence-electron chi connectivity index (χ1n) is 4.80. The Hall–Kier alpha value is 0.720. The van der Waals surface area contributed by atoms with Gasteiger partial charge in [-0.05, 0) is 11.6 Å². The smallest absolute Gasteiger partial charge is 0.0851 e. The molecule has 0 saturated carbocycles. The van der Waals surface area contributed by atoms with Crippen molar-refractivity contribution in [3.05, 3.63) is 34.3 Å². The van der Waals surface area contributed by atoms with E-state index in [1.54, 1.807) is 0 Å². The van der Waals surface area contributed by atoms with Crippen LogP contribution in [0, 0.1) is 0 Å². The number of alkyl halides is 3. The summed E-state index contributed by atoms with van der Waals surface area (Å²) < 4.78 is 6.76. The number of hydrogen-bond donors (Lipinski definition) is 0. The summed E-state index contributed by atoms with van der Waals surface area (Å²) in [6.45, 7) is 0.526. The van der Waals surface area contributed by atoms with Gasteiger partial charge in [0.05, 0.1) is 17.5 Å². The molecule has 1 nitrogen and oxygen atoms in total. The Morgan fingerprint density at radius 3 is 2.44 bits per heavy atom. The maximum absolute atomic E-state index is 5.82. The van der Waals surface area contributed by atoms with Crippen LogP contribution in [0.15, 0.2) is 28.7 Å². The molecule has 1 rings (SSSR count). The van der Waals surface area contributed by atoms with Crippen LogP contribution in [0.25, 0.3) is 0 Å². The van der Waals surface area contributed by atoms with E-state index in [9.17, 15) is 0 Å². The predicted octanol–water partition coefficient (Wildman–Crippen LogP) is 4.58. The van der Waals surface area contributed by atoms with Gasteiger partial charge in [-0.1, -0.05) is 50.1 Å². The van der Waals surface area contributed by atoms with E-state index in [-0.39, 0.29) is 10.9 Å². The highest BCUT2D eigenvalue weighted by atomic mass is 79.9. The summed E-state index contributed by atoms with van der Waals surface area (Å²) in [5.74, 6) is 0.903. The Morgan fingerprint density at radius 1 is 1.19 bits per heavy atom. The van der Waals surface area contributed by atoms with Crippen molar-refractivity contribution in [1.82, 2.24) is 0 Å². The first kappa shape index (κ1) is 14.8. The summed E-state index contributed by atoms with van der Waals surface area (Å²) in [6, 6.07) is 7.95. The molecular weight excluding hydrogens is 379 g/mol. The molecule has 16 heavy (non-hydrogen) atoms. The monoisotopic (exact) mass is 388 g/mol. The van der Waals surface area contributed by atoms with Crippen molar-refractivity contribution in [2.45, 2.75) is 17.5 Å². The highest BCUT2D eigenvalue weighted by Gasteiger charge is 2.18. The largest absolute Gasteiger partial charge is 0.371 e. The summed E-state index contributed by atoms with van der Waals surface area (Å²) in [6.07, 6.45) is -0.0775. The van der Waals surface area contributed by atoms with Crippen molar-refractivity contribution >= 4 is 55.1 Å². The van der Waals surface area contributed by atoms with E-state index in [0.29, 0.717) is 18.4 Å². The fraction of sp³-hybridized carbons (Fsp3) is 0.455. The summed E-state index contributed by atoms with van der Waals surface area (Å²) in [4.78, 5) is 0.0779. The zero-order chi connectivity index (χ0) is 12.0. The second-order valence-electron chi connectivity index (χ2n) is 3.27. The SMILES string of the molecule is ClCC(Br)C(CCl)OCc1ccccc1Br. The van der Waals surface area contributed by atoms with Gasteiger partial charge < -0.3 is 4.74 Å². The zero-order valence-electron chi connectivity index (χ0n) is 8.51. The fourth-order valence-electron chi connectivity index (χ4n) is 1.16. The van der Waals surface area contributed by atoms with Gasteiger partial charge in [-0.25, -0.2) is 0 Å². The van der Waals surface area contributed by atoms with E-state index in [4.69, 9.17) is 27.9 Å². The summed E-state index contributed by atoms with van der Waals surface area (Å²) in [5, 5.41) is 0. The normalized spacial score (nSPS) is 14.8. The predicted molar refractivity (Wildman–Crippen MR) is 76.9 cm³/mol. The fourth-order valence-corrected chi connectivity index (χ4v) is 2.61. The minimum absolute atomic E-state index is 0.0775. The van der Waals surface area contributed by atoms with Crippen LogP contribution < -0.4 is 0 Å². The first-order chi connectivity index (χ1) is 7.69. The molecule has 0 aliphatic carbocycles. The van der Waals surface area contributed by atoms with Crippen molar-refractivity contribution in [2.24, 2.45) is 0 Å². The van der Waals surface area contributed by atoms with Crippen LogP contribution in [-0.2, 0) is 11.3 Å². The Morgan fingerprint density at radius 2 is 1.88 bits per heavy atom. The third-order valence-corrected chi connectivity index (χ3v) is 4.81. The molecule has 1 aromatic rings. The topological polar surface area (TPSA) is 9.23 Å². The lowest BCUT2D eigenvalue weighted by molar-refractivity contribution is 0.0580. The molecule has 0 aromatic heterocycles. The second-order valence-corrected chi connectivity index (χ2v) is 5.91. The Kier molecular flexibility index (Phi) is 7.33. The third kappa shape index (κ3) is 4.53. The van der Waals surface area contributed by atoms with Crippen LogP contribution in [0.1, 0.15) is 5.56 Å². The van der Waals surface area contributed by atoms with E-state index in [2.05, 4.69) is 31.9 Å². The van der Waals surface area contributed by atoms with E-state index >= 15 is 0 Å². The highest BCUT2D eigenvalue weighted by Crippen LogP contribution is 2.20. The minimum Gasteiger partial charge on any atom is -0.371 e. The van der Waals surface area contributed by atoms with Gasteiger partial charge >= 0.3 is 0 Å². The number of halogens is 4. The molecule has 0 aliphatic rings. The lowest BCUT2D eigenvalue weighted by Gasteiger charge is -2.19. The molecule has 90 valence electrons. The van der Waals surface area contributed by atoms with Gasteiger partial charge in [0.2, 0.25) is 0 Å². The molecule has 2 unspecified atom stereocenters. The van der Waals surface area contributed by atoms with Crippen molar-refractivity contribution in [3.63, 3.8) is 0 Å². The van der Waals surface area contributed by atoms with Crippen LogP contribution in [0.3, 0.4) is 0 Å². The molecule has 0 bridgehead atoms. The molecule has 0 radical (unpaired) electrons. The number of benzene rings is 1. The minimum atomic E-state index is -0.0775. The van der Waals surface area contributed by atoms with Gasteiger partial charge in [0.15, 0.2) is 0 Å². The van der Waals surface area contributed by atoms with Gasteiger partial charge in [0, 0.05) is 16.2 Å². The van der Waals surface area contributed by atoms with Gasteiger partial charge in [-0.2, -0.15) is 0 Å². The van der Waals surface area contributed by atoms with Gasteiger partial charge in [-0.15, -0.1) is 23.2 Å². The van der Waals surface area contributed by atoms with Gasteiger partial charge in [0.25, 0.3) is 0 Å². The summed E-state index contributed by atoms with van der Waals surface area (Å²) in [5.41, 5.74) is 1.10. The van der Waals surface area contributed by atoms with Gasteiger partial charge in [-0.3, -0.25) is 0 Å². The molecule has 0 saturated heterocycles. The van der Waals surface area contributed by atoms with Crippen molar-refractivity contribution in [2.75, 3.05) is 11.8 Å². The number of ether oxygens (including phenoxy) is 1. The molecule has 0 spiro atoms. The standard InChI is InChI=1S/C11H12Br2Cl2O/c12-9-4-2-1-3-8(9)7-16-11(6-15)10(13)5-14/h1-4,10-11H,5-7H2. The molecule has 0 N–H and O–H groups in total. The highest BCUT2D eigenvalue weighted by molar-refractivity contribution is 9.10. The Bertz CT molecular complexity index is 323. The average Bonchev–Trinajstić information content (AvgIpc) is 2.31. The molecule has 0 heterocycles. The summed E-state index contributed by atoms with van der Waals surface area (Å²) >= 11 is 18.5. The Balaban J connectivity index is 2.53. The lowest BCUT2D eigenvalue weighted by atomic mass is 10.2. The van der Waals surface area contributed by atoms with E-state index in [0.717, 1.165) is 10.0 Å². The molecular formula is C11H12Br2Cl2O. The molecule has 0 aliphatic heterocycles. The van der Waals surface area contributed by atoms with Crippen molar-refractivity contribution in [3.8, 4) is 0 Å². The van der Waals surface area contributed by atoms with Crippen molar-refractivity contribution in [1.29, 1.82) is 0 Å². The van der Waals surface area contributed by atoms with E-state index in [1.165, 1.54) is 0 Å². The van der Waals surface area contributed by atoms with Crippen LogP contribution in [0.5, 0.6) is 0 Å². The average molecular weight is 391 g/mol. The summed E-state index contributed by atoms with van der Waals surface area (Å²) in [7, 11) is 0. The van der Waals surface area contributed by atoms with E-state index < -0.39 is 0 Å². The lowest BCUT2D eigenvalue weighted by Crippen LogP contribution is -2.27.